The van der Waals surface area contributed by atoms with Gasteiger partial charge in [0, 0.05) is 31.5 Å². The van der Waals surface area contributed by atoms with Gasteiger partial charge in [-0.1, -0.05) is 19.1 Å². The lowest BCUT2D eigenvalue weighted by atomic mass is 9.75. The molecule has 10 heteroatoms. The molecule has 6 rings (SSSR count). The average Bonchev–Trinajstić information content (AvgIpc) is 3.27. The van der Waals surface area contributed by atoms with E-state index in [2.05, 4.69) is 32.5 Å². The predicted octanol–water partition coefficient (Wildman–Crippen LogP) is 4.76. The number of alkyl halides is 1. The Morgan fingerprint density at radius 1 is 1.17 bits per heavy atom. The third-order valence-electron chi connectivity index (χ3n) is 8.49. The number of likely N-dealkylation sites (N-methyl/N-ethyl adjacent to an activating group) is 1. The van der Waals surface area contributed by atoms with Crippen LogP contribution in [-0.4, -0.2) is 51.0 Å². The second kappa shape index (κ2) is 10.5. The summed E-state index contributed by atoms with van der Waals surface area (Å²) in [4.78, 5) is 28.8. The van der Waals surface area contributed by atoms with Crippen molar-refractivity contribution < 1.29 is 14.3 Å². The average molecular weight is 558 g/mol. The Kier molecular flexibility index (Phi) is 6.99. The van der Waals surface area contributed by atoms with Crippen molar-refractivity contribution in [2.75, 3.05) is 30.8 Å². The molecule has 214 valence electrons. The van der Waals surface area contributed by atoms with Crippen LogP contribution in [0.4, 0.5) is 27.7 Å². The summed E-state index contributed by atoms with van der Waals surface area (Å²) in [6.07, 6.45) is 7.22. The van der Waals surface area contributed by atoms with Crippen LogP contribution in [-0.2, 0) is 30.7 Å². The number of benzene rings is 1. The third kappa shape index (κ3) is 5.06. The van der Waals surface area contributed by atoms with Gasteiger partial charge in [-0.15, -0.1) is 6.58 Å². The maximum Gasteiger partial charge on any atom is 0.256 e. The van der Waals surface area contributed by atoms with E-state index in [0.29, 0.717) is 50.4 Å². The molecule has 3 aliphatic rings. The van der Waals surface area contributed by atoms with Crippen LogP contribution in [0, 0.1) is 0 Å². The number of hydrogen-bond acceptors (Lipinski definition) is 8. The Morgan fingerprint density at radius 3 is 2.80 bits per heavy atom. The number of amides is 1. The Bertz CT molecular complexity index is 1530. The normalized spacial score (nSPS) is 22.9. The molecule has 0 fully saturated rings. The molecule has 0 saturated carbocycles. The number of hydrogen-bond donors (Lipinski definition) is 4. The van der Waals surface area contributed by atoms with Gasteiger partial charge in [-0.3, -0.25) is 9.69 Å². The number of carbonyl (C=O) groups is 1. The van der Waals surface area contributed by atoms with Crippen LogP contribution in [0.25, 0.3) is 0 Å². The summed E-state index contributed by atoms with van der Waals surface area (Å²) in [6.45, 7) is 6.99. The maximum atomic E-state index is 15.9. The van der Waals surface area contributed by atoms with E-state index in [0.717, 1.165) is 47.2 Å². The van der Waals surface area contributed by atoms with Crippen molar-refractivity contribution >= 4 is 29.2 Å². The first-order valence-electron chi connectivity index (χ1n) is 14.3. The molecular weight excluding hydrogens is 521 g/mol. The fourth-order valence-corrected chi connectivity index (χ4v) is 6.53. The van der Waals surface area contributed by atoms with Crippen molar-refractivity contribution in [3.05, 3.63) is 76.6 Å². The number of halogens is 1. The zero-order valence-electron chi connectivity index (χ0n) is 23.6. The molecule has 1 aliphatic heterocycles. The lowest BCUT2D eigenvalue weighted by Crippen LogP contribution is -2.43. The van der Waals surface area contributed by atoms with E-state index in [1.165, 1.54) is 6.20 Å². The highest BCUT2D eigenvalue weighted by Crippen LogP contribution is 2.45. The van der Waals surface area contributed by atoms with Crippen molar-refractivity contribution in [1.82, 2.24) is 25.2 Å². The minimum absolute atomic E-state index is 0.245. The number of pyridine rings is 1. The molecule has 0 spiro atoms. The van der Waals surface area contributed by atoms with Crippen LogP contribution in [0.5, 0.6) is 0 Å². The molecule has 1 amide bonds. The van der Waals surface area contributed by atoms with E-state index >= 15 is 4.39 Å². The summed E-state index contributed by atoms with van der Waals surface area (Å²) in [7, 11) is 1.95. The SMILES string of the molecule is C=CCNC(=O)c1cnc(Nc2cc3c4c(c2)CN(C)C[C@@]4(F)CCC3)nc1Nc1ccc2c(n1)[C@@](O)(CC)CC2. The van der Waals surface area contributed by atoms with Gasteiger partial charge < -0.3 is 21.1 Å². The standard InChI is InChI=1S/C31H36FN7O2/c1-4-13-33-28(40)23-16-34-29(38-27(23)37-24-9-8-19-10-12-31(41,5-2)26(19)36-24)35-22-14-20-7-6-11-30(32)18-39(3)17-21(15-22)25(20)30/h4,8-9,14-16,41H,1,5-7,10-13,17-18H2,2-3H3,(H,33,40)(H2,34,35,36,37,38)/t30-,31+/m0/s1. The fraction of sp³-hybridized carbons (Fsp3) is 0.419. The molecule has 41 heavy (non-hydrogen) atoms. The number of carbonyl (C=O) groups excluding carboxylic acids is 1. The molecule has 2 atom stereocenters. The third-order valence-corrected chi connectivity index (χ3v) is 8.49. The molecule has 2 aromatic heterocycles. The first-order chi connectivity index (χ1) is 19.7. The number of anilines is 4. The van der Waals surface area contributed by atoms with Crippen LogP contribution in [0.3, 0.4) is 0 Å². The van der Waals surface area contributed by atoms with Gasteiger partial charge >= 0.3 is 0 Å². The highest BCUT2D eigenvalue weighted by molar-refractivity contribution is 5.99. The monoisotopic (exact) mass is 557 g/mol. The van der Waals surface area contributed by atoms with Crippen molar-refractivity contribution in [3.63, 3.8) is 0 Å². The van der Waals surface area contributed by atoms with Gasteiger partial charge in [0.05, 0.1) is 5.69 Å². The number of rotatable bonds is 8. The van der Waals surface area contributed by atoms with Gasteiger partial charge in [-0.05, 0) is 86.0 Å². The minimum atomic E-state index is -1.31. The summed E-state index contributed by atoms with van der Waals surface area (Å²) < 4.78 is 15.9. The predicted molar refractivity (Wildman–Crippen MR) is 156 cm³/mol. The number of nitrogens with zero attached hydrogens (tertiary/aromatic N) is 4. The van der Waals surface area contributed by atoms with Gasteiger partial charge in [0.1, 0.15) is 28.5 Å². The number of aliphatic hydroxyl groups is 1. The van der Waals surface area contributed by atoms with Gasteiger partial charge in [0.2, 0.25) is 5.95 Å². The Labute approximate surface area is 239 Å². The van der Waals surface area contributed by atoms with Crippen molar-refractivity contribution in [1.29, 1.82) is 0 Å². The van der Waals surface area contributed by atoms with Gasteiger partial charge in [-0.2, -0.15) is 4.98 Å². The van der Waals surface area contributed by atoms with Crippen LogP contribution >= 0.6 is 0 Å². The van der Waals surface area contributed by atoms with Crippen LogP contribution in [0.1, 0.15) is 70.9 Å². The first-order valence-corrected chi connectivity index (χ1v) is 14.3. The smallest absolute Gasteiger partial charge is 0.256 e. The zero-order valence-corrected chi connectivity index (χ0v) is 23.6. The van der Waals surface area contributed by atoms with Gasteiger partial charge in [-0.25, -0.2) is 14.4 Å². The van der Waals surface area contributed by atoms with Gasteiger partial charge in [0.25, 0.3) is 5.91 Å². The summed E-state index contributed by atoms with van der Waals surface area (Å²) in [5.41, 5.74) is 3.27. The topological polar surface area (TPSA) is 115 Å². The highest BCUT2D eigenvalue weighted by atomic mass is 19.1. The van der Waals surface area contributed by atoms with Crippen molar-refractivity contribution in [2.24, 2.45) is 0 Å². The maximum absolute atomic E-state index is 15.9. The quantitative estimate of drug-likeness (QED) is 0.293. The fourth-order valence-electron chi connectivity index (χ4n) is 6.53. The summed E-state index contributed by atoms with van der Waals surface area (Å²) >= 11 is 0. The van der Waals surface area contributed by atoms with Gasteiger partial charge in [0.15, 0.2) is 0 Å². The van der Waals surface area contributed by atoms with Crippen molar-refractivity contribution in [2.45, 2.75) is 63.3 Å². The number of aryl methyl sites for hydroxylation is 2. The van der Waals surface area contributed by atoms with E-state index in [1.807, 2.05) is 43.1 Å². The largest absolute Gasteiger partial charge is 0.384 e. The molecule has 2 aliphatic carbocycles. The van der Waals surface area contributed by atoms with E-state index in [9.17, 15) is 9.90 Å². The number of fused-ring (bicyclic) bond motifs is 1. The lowest BCUT2D eigenvalue weighted by Gasteiger charge is -2.41. The Hall–Kier alpha value is -3.89. The van der Waals surface area contributed by atoms with E-state index in [-0.39, 0.29) is 23.2 Å². The molecule has 0 saturated heterocycles. The van der Waals surface area contributed by atoms with Crippen molar-refractivity contribution in [3.8, 4) is 0 Å². The molecular formula is C31H36FN7O2. The second-order valence-electron chi connectivity index (χ2n) is 11.5. The molecule has 9 nitrogen and oxygen atoms in total. The Morgan fingerprint density at radius 2 is 2.00 bits per heavy atom. The molecule has 0 bridgehead atoms. The Balaban J connectivity index is 1.34. The zero-order chi connectivity index (χ0) is 28.8. The van der Waals surface area contributed by atoms with Crippen LogP contribution in [0.2, 0.25) is 0 Å². The van der Waals surface area contributed by atoms with E-state index < -0.39 is 11.3 Å². The second-order valence-corrected chi connectivity index (χ2v) is 11.5. The van der Waals surface area contributed by atoms with E-state index in [4.69, 9.17) is 4.98 Å². The molecule has 3 heterocycles. The molecule has 0 unspecified atom stereocenters. The first kappa shape index (κ1) is 27.3. The molecule has 3 aromatic rings. The number of nitrogens with one attached hydrogen (secondary N) is 3. The summed E-state index contributed by atoms with van der Waals surface area (Å²) in [5.74, 6) is 0.681. The molecule has 1 aromatic carbocycles. The number of aromatic nitrogens is 3. The summed E-state index contributed by atoms with van der Waals surface area (Å²) in [6, 6.07) is 7.75. The molecule has 4 N–H and O–H groups in total. The molecule has 0 radical (unpaired) electrons. The minimum Gasteiger partial charge on any atom is -0.384 e. The highest BCUT2D eigenvalue weighted by Gasteiger charge is 2.42. The van der Waals surface area contributed by atoms with Crippen LogP contribution in [0.15, 0.2) is 43.1 Å². The van der Waals surface area contributed by atoms with E-state index in [1.54, 1.807) is 6.08 Å². The lowest BCUT2D eigenvalue weighted by molar-refractivity contribution is 0.0307. The summed E-state index contributed by atoms with van der Waals surface area (Å²) in [5, 5.41) is 20.3. The van der Waals surface area contributed by atoms with Crippen LogP contribution < -0.4 is 16.0 Å².